The highest BCUT2D eigenvalue weighted by Crippen LogP contribution is 2.58. The third-order valence-electron chi connectivity index (χ3n) is 4.47. The molecular formula is C12H16O. The summed E-state index contributed by atoms with van der Waals surface area (Å²) in [6.45, 7) is 3.96. The number of carbonyl (C=O) groups excluding carboxylic acids is 1. The summed E-state index contributed by atoms with van der Waals surface area (Å²) in [6, 6.07) is 0. The van der Waals surface area contributed by atoms with E-state index in [9.17, 15) is 4.79 Å². The number of hydrogen-bond acceptors (Lipinski definition) is 1. The van der Waals surface area contributed by atoms with Crippen LogP contribution in [0.1, 0.15) is 32.1 Å². The minimum absolute atomic E-state index is 0.365. The Balaban J connectivity index is 2.00. The topological polar surface area (TPSA) is 17.1 Å². The van der Waals surface area contributed by atoms with Crippen LogP contribution in [0.25, 0.3) is 0 Å². The summed E-state index contributed by atoms with van der Waals surface area (Å²) in [5.41, 5.74) is 0.365. The summed E-state index contributed by atoms with van der Waals surface area (Å²) in [5, 5.41) is 0. The zero-order valence-corrected chi connectivity index (χ0v) is 7.96. The van der Waals surface area contributed by atoms with Crippen molar-refractivity contribution < 1.29 is 4.79 Å². The minimum atomic E-state index is 0.365. The van der Waals surface area contributed by atoms with Crippen LogP contribution in [0.5, 0.6) is 0 Å². The second-order valence-electron chi connectivity index (χ2n) is 5.31. The van der Waals surface area contributed by atoms with E-state index in [1.807, 2.05) is 0 Å². The maximum atomic E-state index is 11.8. The SMILES string of the molecule is C=CC12CC3CC(C1)C(=O)C(C3)C2. The lowest BCUT2D eigenvalue weighted by molar-refractivity contribution is -0.144. The molecule has 70 valence electrons. The average Bonchev–Trinajstić information content (AvgIpc) is 2.13. The van der Waals surface area contributed by atoms with E-state index in [1.165, 1.54) is 19.3 Å². The predicted octanol–water partition coefficient (Wildman–Crippen LogP) is 2.57. The average molecular weight is 176 g/mol. The van der Waals surface area contributed by atoms with E-state index in [2.05, 4.69) is 12.7 Å². The molecule has 1 nitrogen and oxygen atoms in total. The molecule has 4 bridgehead atoms. The van der Waals surface area contributed by atoms with Crippen molar-refractivity contribution in [2.45, 2.75) is 32.1 Å². The van der Waals surface area contributed by atoms with Crippen LogP contribution in [0.15, 0.2) is 12.7 Å². The van der Waals surface area contributed by atoms with Crippen LogP contribution in [0.2, 0.25) is 0 Å². The molecule has 2 unspecified atom stereocenters. The van der Waals surface area contributed by atoms with Gasteiger partial charge in [0.25, 0.3) is 0 Å². The third-order valence-corrected chi connectivity index (χ3v) is 4.47. The Kier molecular flexibility index (Phi) is 1.35. The maximum absolute atomic E-state index is 11.8. The van der Waals surface area contributed by atoms with E-state index in [-0.39, 0.29) is 0 Å². The lowest BCUT2D eigenvalue weighted by Gasteiger charge is -2.54. The van der Waals surface area contributed by atoms with Crippen LogP contribution < -0.4 is 0 Å². The molecule has 0 spiro atoms. The molecule has 2 atom stereocenters. The van der Waals surface area contributed by atoms with Crippen LogP contribution in [0.4, 0.5) is 0 Å². The molecule has 4 aliphatic carbocycles. The fraction of sp³-hybridized carbons (Fsp3) is 0.750. The van der Waals surface area contributed by atoms with Crippen molar-refractivity contribution in [1.82, 2.24) is 0 Å². The highest BCUT2D eigenvalue weighted by molar-refractivity contribution is 5.85. The first-order valence-electron chi connectivity index (χ1n) is 5.40. The number of carbonyl (C=O) groups is 1. The van der Waals surface area contributed by atoms with Crippen LogP contribution >= 0.6 is 0 Å². The summed E-state index contributed by atoms with van der Waals surface area (Å²) < 4.78 is 0. The van der Waals surface area contributed by atoms with Gasteiger partial charge in [0.15, 0.2) is 0 Å². The molecule has 0 amide bonds. The summed E-state index contributed by atoms with van der Waals surface area (Å²) in [5.74, 6) is 2.23. The Morgan fingerprint density at radius 3 is 2.38 bits per heavy atom. The van der Waals surface area contributed by atoms with Crippen LogP contribution in [0.3, 0.4) is 0 Å². The van der Waals surface area contributed by atoms with Crippen LogP contribution in [0, 0.1) is 23.2 Å². The van der Waals surface area contributed by atoms with Crippen molar-refractivity contribution in [3.05, 3.63) is 12.7 Å². The molecule has 0 aromatic rings. The standard InChI is InChI=1S/C12H16O/c1-2-12-5-8-3-9(6-12)11(13)10(4-8)7-12/h2,8-10H,1,3-7H2. The first-order valence-corrected chi connectivity index (χ1v) is 5.40. The molecule has 13 heavy (non-hydrogen) atoms. The number of rotatable bonds is 1. The first kappa shape index (κ1) is 7.78. The van der Waals surface area contributed by atoms with Gasteiger partial charge in [-0.25, -0.2) is 0 Å². The van der Waals surface area contributed by atoms with Gasteiger partial charge in [0.2, 0.25) is 0 Å². The van der Waals surface area contributed by atoms with E-state index < -0.39 is 0 Å². The van der Waals surface area contributed by atoms with Gasteiger partial charge >= 0.3 is 0 Å². The molecule has 4 fully saturated rings. The Hall–Kier alpha value is -0.590. The zero-order chi connectivity index (χ0) is 9.05. The number of Topliss-reactive ketones (excluding diaryl/α,β-unsaturated/α-hetero) is 1. The quantitative estimate of drug-likeness (QED) is 0.561. The largest absolute Gasteiger partial charge is 0.299 e. The van der Waals surface area contributed by atoms with Crippen molar-refractivity contribution in [3.63, 3.8) is 0 Å². The van der Waals surface area contributed by atoms with Gasteiger partial charge in [-0.05, 0) is 43.4 Å². The summed E-state index contributed by atoms with van der Waals surface area (Å²) in [4.78, 5) is 11.8. The summed E-state index contributed by atoms with van der Waals surface area (Å²) in [7, 11) is 0. The predicted molar refractivity (Wildman–Crippen MR) is 51.2 cm³/mol. The highest BCUT2D eigenvalue weighted by Gasteiger charge is 2.53. The van der Waals surface area contributed by atoms with Gasteiger partial charge in [0.05, 0.1) is 0 Å². The molecule has 0 N–H and O–H groups in total. The van der Waals surface area contributed by atoms with Gasteiger partial charge < -0.3 is 0 Å². The van der Waals surface area contributed by atoms with Gasteiger partial charge in [-0.3, -0.25) is 4.79 Å². The second-order valence-corrected chi connectivity index (χ2v) is 5.31. The fourth-order valence-corrected chi connectivity index (χ4v) is 4.06. The van der Waals surface area contributed by atoms with Gasteiger partial charge in [-0.2, -0.15) is 0 Å². The van der Waals surface area contributed by atoms with E-state index in [0.29, 0.717) is 23.0 Å². The third kappa shape index (κ3) is 0.905. The van der Waals surface area contributed by atoms with Crippen molar-refractivity contribution in [2.24, 2.45) is 23.2 Å². The van der Waals surface area contributed by atoms with Crippen molar-refractivity contribution >= 4 is 5.78 Å². The molecule has 0 heterocycles. The summed E-state index contributed by atoms with van der Waals surface area (Å²) >= 11 is 0. The Morgan fingerprint density at radius 2 is 1.85 bits per heavy atom. The number of allylic oxidation sites excluding steroid dienone is 1. The van der Waals surface area contributed by atoms with Gasteiger partial charge in [0, 0.05) is 11.8 Å². The number of ketones is 1. The van der Waals surface area contributed by atoms with Gasteiger partial charge in [-0.15, -0.1) is 6.58 Å². The van der Waals surface area contributed by atoms with Crippen molar-refractivity contribution in [3.8, 4) is 0 Å². The molecule has 4 rings (SSSR count). The molecule has 1 heteroatoms. The van der Waals surface area contributed by atoms with Crippen LogP contribution in [-0.2, 0) is 4.79 Å². The second kappa shape index (κ2) is 2.26. The zero-order valence-electron chi connectivity index (χ0n) is 7.96. The van der Waals surface area contributed by atoms with E-state index in [1.54, 1.807) is 0 Å². The lowest BCUT2D eigenvalue weighted by atomic mass is 9.49. The monoisotopic (exact) mass is 176 g/mol. The first-order chi connectivity index (χ1) is 6.22. The lowest BCUT2D eigenvalue weighted by Crippen LogP contribution is -2.50. The van der Waals surface area contributed by atoms with E-state index in [0.717, 1.165) is 18.8 Å². The molecule has 4 aliphatic rings. The highest BCUT2D eigenvalue weighted by atomic mass is 16.1. The van der Waals surface area contributed by atoms with Gasteiger partial charge in [0.1, 0.15) is 5.78 Å². The van der Waals surface area contributed by atoms with Crippen molar-refractivity contribution in [2.75, 3.05) is 0 Å². The minimum Gasteiger partial charge on any atom is -0.299 e. The van der Waals surface area contributed by atoms with Crippen molar-refractivity contribution in [1.29, 1.82) is 0 Å². The van der Waals surface area contributed by atoms with E-state index >= 15 is 0 Å². The van der Waals surface area contributed by atoms with Gasteiger partial charge in [-0.1, -0.05) is 6.08 Å². The Morgan fingerprint density at radius 1 is 1.23 bits per heavy atom. The number of hydrogen-bond donors (Lipinski definition) is 0. The van der Waals surface area contributed by atoms with Crippen LogP contribution in [-0.4, -0.2) is 5.78 Å². The Labute approximate surface area is 79.2 Å². The smallest absolute Gasteiger partial charge is 0.139 e. The molecule has 0 aromatic carbocycles. The summed E-state index contributed by atoms with van der Waals surface area (Å²) in [6.07, 6.45) is 8.06. The van der Waals surface area contributed by atoms with E-state index in [4.69, 9.17) is 0 Å². The molecule has 0 saturated heterocycles. The Bertz CT molecular complexity index is 261. The molecule has 4 saturated carbocycles. The molecule has 0 aliphatic heterocycles. The molecular weight excluding hydrogens is 160 g/mol. The fourth-order valence-electron chi connectivity index (χ4n) is 4.06. The molecule has 0 aromatic heterocycles. The molecule has 0 radical (unpaired) electrons. The normalized spacial score (nSPS) is 52.6. The maximum Gasteiger partial charge on any atom is 0.139 e.